The Morgan fingerprint density at radius 2 is 2.10 bits per heavy atom. The molecule has 0 heterocycles. The average Bonchev–Trinajstić information content (AvgIpc) is 3.21. The van der Waals surface area contributed by atoms with E-state index in [4.69, 9.17) is 0 Å². The summed E-state index contributed by atoms with van der Waals surface area (Å²) in [5.41, 5.74) is 2.92. The predicted octanol–water partition coefficient (Wildman–Crippen LogP) is 4.43. The van der Waals surface area contributed by atoms with Crippen molar-refractivity contribution in [2.24, 2.45) is 11.8 Å². The molecule has 1 aromatic rings. The van der Waals surface area contributed by atoms with Gasteiger partial charge in [0.15, 0.2) is 0 Å². The maximum Gasteiger partial charge on any atom is 0.126 e. The second-order valence-corrected chi connectivity index (χ2v) is 6.39. The Kier molecular flexibility index (Phi) is 4.98. The van der Waals surface area contributed by atoms with Crippen LogP contribution in [-0.4, -0.2) is 13.1 Å². The van der Waals surface area contributed by atoms with Gasteiger partial charge >= 0.3 is 0 Å². The third kappa shape index (κ3) is 3.92. The van der Waals surface area contributed by atoms with E-state index in [9.17, 15) is 4.39 Å². The smallest absolute Gasteiger partial charge is 0.126 e. The first-order valence-corrected chi connectivity index (χ1v) is 7.64. The molecule has 110 valence electrons. The molecule has 1 saturated carbocycles. The first kappa shape index (κ1) is 15.2. The highest BCUT2D eigenvalue weighted by Crippen LogP contribution is 2.30. The quantitative estimate of drug-likeness (QED) is 0.726. The lowest BCUT2D eigenvalue weighted by Crippen LogP contribution is -2.26. The van der Waals surface area contributed by atoms with E-state index in [0.29, 0.717) is 11.5 Å². The molecule has 1 fully saturated rings. The van der Waals surface area contributed by atoms with Crippen LogP contribution >= 0.6 is 0 Å². The lowest BCUT2D eigenvalue weighted by atomic mass is 9.85. The van der Waals surface area contributed by atoms with Gasteiger partial charge in [0.25, 0.3) is 0 Å². The Hall–Kier alpha value is -1.15. The van der Waals surface area contributed by atoms with Crippen molar-refractivity contribution in [3.8, 4) is 0 Å². The highest BCUT2D eigenvalue weighted by Gasteiger charge is 2.23. The van der Waals surface area contributed by atoms with Gasteiger partial charge in [-0.1, -0.05) is 38.1 Å². The van der Waals surface area contributed by atoms with Gasteiger partial charge in [-0.25, -0.2) is 4.39 Å². The van der Waals surface area contributed by atoms with Gasteiger partial charge in [-0.3, -0.25) is 0 Å². The number of rotatable bonds is 7. The Labute approximate surface area is 122 Å². The zero-order chi connectivity index (χ0) is 14.7. The van der Waals surface area contributed by atoms with E-state index in [0.717, 1.165) is 24.6 Å². The summed E-state index contributed by atoms with van der Waals surface area (Å²) in [5, 5.41) is 3.53. The maximum atomic E-state index is 13.8. The molecule has 0 bridgehead atoms. The molecule has 20 heavy (non-hydrogen) atoms. The van der Waals surface area contributed by atoms with Crippen LogP contribution in [0.2, 0.25) is 0 Å². The van der Waals surface area contributed by atoms with Gasteiger partial charge in [0.1, 0.15) is 5.82 Å². The van der Waals surface area contributed by atoms with Crippen molar-refractivity contribution in [1.29, 1.82) is 0 Å². The lowest BCUT2D eigenvalue weighted by molar-refractivity contribution is 0.560. The van der Waals surface area contributed by atoms with Gasteiger partial charge in [0.05, 0.1) is 0 Å². The van der Waals surface area contributed by atoms with Crippen LogP contribution in [0, 0.1) is 24.6 Å². The van der Waals surface area contributed by atoms with Crippen LogP contribution in [-0.2, 0) is 0 Å². The first-order chi connectivity index (χ1) is 9.49. The van der Waals surface area contributed by atoms with Crippen molar-refractivity contribution >= 4 is 0 Å². The van der Waals surface area contributed by atoms with Crippen molar-refractivity contribution in [2.45, 2.75) is 39.5 Å². The summed E-state index contributed by atoms with van der Waals surface area (Å²) in [7, 11) is 0. The lowest BCUT2D eigenvalue weighted by Gasteiger charge is -2.24. The Morgan fingerprint density at radius 3 is 2.65 bits per heavy atom. The van der Waals surface area contributed by atoms with Gasteiger partial charge in [0, 0.05) is 12.5 Å². The summed E-state index contributed by atoms with van der Waals surface area (Å²) >= 11 is 0. The molecule has 0 amide bonds. The van der Waals surface area contributed by atoms with Gasteiger partial charge in [-0.15, -0.1) is 0 Å². The summed E-state index contributed by atoms with van der Waals surface area (Å²) < 4.78 is 13.8. The number of halogens is 1. The van der Waals surface area contributed by atoms with Crippen molar-refractivity contribution < 1.29 is 4.39 Å². The Morgan fingerprint density at radius 1 is 1.40 bits per heavy atom. The molecule has 0 unspecified atom stereocenters. The fourth-order valence-electron chi connectivity index (χ4n) is 2.45. The minimum Gasteiger partial charge on any atom is -0.316 e. The number of hydrogen-bond donors (Lipinski definition) is 1. The molecule has 1 aliphatic carbocycles. The van der Waals surface area contributed by atoms with Crippen LogP contribution in [0.4, 0.5) is 4.39 Å². The molecule has 0 aliphatic heterocycles. The van der Waals surface area contributed by atoms with Crippen LogP contribution in [0.1, 0.15) is 43.7 Å². The van der Waals surface area contributed by atoms with E-state index in [1.807, 2.05) is 12.1 Å². The summed E-state index contributed by atoms with van der Waals surface area (Å²) in [6.07, 6.45) is 2.70. The molecule has 2 heteroatoms. The van der Waals surface area contributed by atoms with Gasteiger partial charge in [-0.2, -0.15) is 0 Å². The largest absolute Gasteiger partial charge is 0.316 e. The highest BCUT2D eigenvalue weighted by molar-refractivity contribution is 5.32. The van der Waals surface area contributed by atoms with Crippen LogP contribution < -0.4 is 5.32 Å². The second-order valence-electron chi connectivity index (χ2n) is 6.39. The van der Waals surface area contributed by atoms with Gasteiger partial charge < -0.3 is 5.32 Å². The van der Waals surface area contributed by atoms with Gasteiger partial charge in [0.2, 0.25) is 0 Å². The molecule has 1 aromatic carbocycles. The molecule has 1 aliphatic rings. The normalized spacial score (nSPS) is 16.4. The molecule has 1 N–H and O–H groups in total. The number of aryl methyl sites for hydroxylation is 1. The highest BCUT2D eigenvalue weighted by atomic mass is 19.1. The Bertz CT molecular complexity index is 474. The second kappa shape index (κ2) is 6.53. The van der Waals surface area contributed by atoms with E-state index in [1.54, 1.807) is 13.0 Å². The topological polar surface area (TPSA) is 12.0 Å². The predicted molar refractivity (Wildman–Crippen MR) is 83.4 cm³/mol. The van der Waals surface area contributed by atoms with Crippen molar-refractivity contribution in [2.75, 3.05) is 13.1 Å². The minimum atomic E-state index is -0.119. The van der Waals surface area contributed by atoms with Gasteiger partial charge in [-0.05, 0) is 55.3 Å². The molecular weight excluding hydrogens is 249 g/mol. The minimum absolute atomic E-state index is 0.119. The molecule has 0 aromatic heterocycles. The number of nitrogens with one attached hydrogen (secondary N) is 1. The summed E-state index contributed by atoms with van der Waals surface area (Å²) in [6, 6.07) is 5.58. The molecule has 0 spiro atoms. The standard InChI is InChI=1S/C18H26FN/c1-12(2)14(4)17(11-20-10-15-6-7-15)16-8-5-13(3)18(19)9-16/h5,8-9,12,15,17,20H,4,6-7,10-11H2,1-3H3/t17-/m0/s1. The van der Waals surface area contributed by atoms with Crippen molar-refractivity contribution in [3.05, 3.63) is 47.3 Å². The number of benzene rings is 1. The summed E-state index contributed by atoms with van der Waals surface area (Å²) in [4.78, 5) is 0. The van der Waals surface area contributed by atoms with Crippen LogP contribution in [0.25, 0.3) is 0 Å². The fourth-order valence-corrected chi connectivity index (χ4v) is 2.45. The molecule has 0 radical (unpaired) electrons. The van der Waals surface area contributed by atoms with Crippen LogP contribution in [0.3, 0.4) is 0 Å². The van der Waals surface area contributed by atoms with E-state index < -0.39 is 0 Å². The van der Waals surface area contributed by atoms with Crippen LogP contribution in [0.5, 0.6) is 0 Å². The Balaban J connectivity index is 2.10. The molecule has 1 atom stereocenters. The SMILES string of the molecule is C=C(C(C)C)[C@H](CNCC1CC1)c1ccc(C)c(F)c1. The van der Waals surface area contributed by atoms with Crippen molar-refractivity contribution in [1.82, 2.24) is 5.32 Å². The molecule has 1 nitrogen and oxygen atoms in total. The summed E-state index contributed by atoms with van der Waals surface area (Å²) in [6.45, 7) is 12.3. The van der Waals surface area contributed by atoms with Crippen LogP contribution in [0.15, 0.2) is 30.4 Å². The average molecular weight is 275 g/mol. The zero-order valence-electron chi connectivity index (χ0n) is 12.9. The zero-order valence-corrected chi connectivity index (χ0v) is 12.9. The molecule has 2 rings (SSSR count). The first-order valence-electron chi connectivity index (χ1n) is 7.64. The third-order valence-electron chi connectivity index (χ3n) is 4.27. The monoisotopic (exact) mass is 275 g/mol. The summed E-state index contributed by atoms with van der Waals surface area (Å²) in [5.74, 6) is 1.35. The van der Waals surface area contributed by atoms with Crippen molar-refractivity contribution in [3.63, 3.8) is 0 Å². The third-order valence-corrected chi connectivity index (χ3v) is 4.27. The van der Waals surface area contributed by atoms with E-state index >= 15 is 0 Å². The van der Waals surface area contributed by atoms with E-state index in [2.05, 4.69) is 25.7 Å². The van der Waals surface area contributed by atoms with E-state index in [-0.39, 0.29) is 11.7 Å². The molecule has 0 saturated heterocycles. The number of hydrogen-bond acceptors (Lipinski definition) is 1. The molecular formula is C18H26FN. The van der Waals surface area contributed by atoms with E-state index in [1.165, 1.54) is 18.4 Å². The fraction of sp³-hybridized carbons (Fsp3) is 0.556. The maximum absolute atomic E-state index is 13.8.